The molecule has 0 atom stereocenters. The molecule has 1 N–H and O–H groups in total. The molecule has 1 aliphatic rings. The molecule has 5 heteroatoms. The summed E-state index contributed by atoms with van der Waals surface area (Å²) in [5.74, 6) is 0.272. The fourth-order valence-corrected chi connectivity index (χ4v) is 1.72. The van der Waals surface area contributed by atoms with Crippen molar-refractivity contribution < 1.29 is 14.3 Å². The number of rotatable bonds is 2. The van der Waals surface area contributed by atoms with Gasteiger partial charge in [-0.3, -0.25) is 9.59 Å². The molecule has 1 aromatic carbocycles. The molecule has 1 aliphatic heterocycles. The fraction of sp³-hybridized carbons (Fsp3) is 0.385. The van der Waals surface area contributed by atoms with E-state index in [9.17, 15) is 9.59 Å². The van der Waals surface area contributed by atoms with Crippen LogP contribution in [0.25, 0.3) is 0 Å². The number of anilines is 2. The molecule has 1 aromatic rings. The van der Waals surface area contributed by atoms with Gasteiger partial charge in [0.2, 0.25) is 5.91 Å². The molecular formula is C13H16N2O3. The van der Waals surface area contributed by atoms with Gasteiger partial charge in [-0.25, -0.2) is 0 Å². The summed E-state index contributed by atoms with van der Waals surface area (Å²) < 4.78 is 5.35. The maximum atomic E-state index is 11.7. The number of nitrogens with one attached hydrogen (secondary N) is 1. The van der Waals surface area contributed by atoms with E-state index in [1.54, 1.807) is 25.2 Å². The van der Waals surface area contributed by atoms with Crippen LogP contribution in [0.2, 0.25) is 0 Å². The largest absolute Gasteiger partial charge is 0.481 e. The molecule has 0 radical (unpaired) electrons. The van der Waals surface area contributed by atoms with Crippen molar-refractivity contribution >= 4 is 23.2 Å². The Morgan fingerprint density at radius 3 is 2.83 bits per heavy atom. The lowest BCUT2D eigenvalue weighted by Crippen LogP contribution is -2.36. The normalized spacial score (nSPS) is 14.2. The summed E-state index contributed by atoms with van der Waals surface area (Å²) in [5.41, 5.74) is 1.21. The van der Waals surface area contributed by atoms with E-state index >= 15 is 0 Å². The molecular weight excluding hydrogens is 232 g/mol. The van der Waals surface area contributed by atoms with Crippen LogP contribution >= 0.6 is 0 Å². The highest BCUT2D eigenvalue weighted by Crippen LogP contribution is 2.38. The number of para-hydroxylation sites is 1. The topological polar surface area (TPSA) is 58.6 Å². The number of carbonyl (C=O) groups excluding carboxylic acids is 2. The highest BCUT2D eigenvalue weighted by molar-refractivity contribution is 6.04. The zero-order valence-corrected chi connectivity index (χ0v) is 10.7. The molecule has 0 unspecified atom stereocenters. The molecule has 0 saturated carbocycles. The number of benzene rings is 1. The average Bonchev–Trinajstić information content (AvgIpc) is 2.34. The molecule has 2 amide bonds. The van der Waals surface area contributed by atoms with Crippen LogP contribution in [-0.2, 0) is 9.59 Å². The van der Waals surface area contributed by atoms with Gasteiger partial charge in [-0.05, 0) is 12.1 Å². The van der Waals surface area contributed by atoms with Crippen molar-refractivity contribution in [1.82, 2.24) is 0 Å². The van der Waals surface area contributed by atoms with Crippen LogP contribution in [0.5, 0.6) is 5.75 Å². The zero-order chi connectivity index (χ0) is 13.3. The van der Waals surface area contributed by atoms with Crippen molar-refractivity contribution in [2.24, 2.45) is 5.92 Å². The van der Waals surface area contributed by atoms with Crippen molar-refractivity contribution in [3.63, 3.8) is 0 Å². The van der Waals surface area contributed by atoms with E-state index < -0.39 is 0 Å². The first-order valence-electron chi connectivity index (χ1n) is 5.84. The number of hydrogen-bond donors (Lipinski definition) is 1. The third kappa shape index (κ3) is 2.16. The second-order valence-electron chi connectivity index (χ2n) is 4.54. The minimum atomic E-state index is -0.131. The van der Waals surface area contributed by atoms with Gasteiger partial charge in [-0.15, -0.1) is 0 Å². The monoisotopic (exact) mass is 248 g/mol. The van der Waals surface area contributed by atoms with E-state index in [0.29, 0.717) is 17.1 Å². The van der Waals surface area contributed by atoms with Crippen LogP contribution in [0.3, 0.4) is 0 Å². The van der Waals surface area contributed by atoms with Gasteiger partial charge in [-0.2, -0.15) is 0 Å². The fourth-order valence-electron chi connectivity index (χ4n) is 1.72. The molecule has 5 nitrogen and oxygen atoms in total. The molecule has 0 bridgehead atoms. The molecule has 0 aromatic heterocycles. The van der Waals surface area contributed by atoms with Crippen molar-refractivity contribution in [3.8, 4) is 5.75 Å². The molecule has 0 spiro atoms. The lowest BCUT2D eigenvalue weighted by molar-refractivity contribution is -0.121. The lowest BCUT2D eigenvalue weighted by atomic mass is 10.1. The van der Waals surface area contributed by atoms with Gasteiger partial charge in [-0.1, -0.05) is 19.9 Å². The summed E-state index contributed by atoms with van der Waals surface area (Å²) in [5, 5.41) is 2.81. The highest BCUT2D eigenvalue weighted by atomic mass is 16.5. The Hall–Kier alpha value is -2.04. The number of amides is 2. The molecule has 0 fully saturated rings. The minimum Gasteiger partial charge on any atom is -0.481 e. The van der Waals surface area contributed by atoms with Gasteiger partial charge in [0.15, 0.2) is 6.61 Å². The van der Waals surface area contributed by atoms with Gasteiger partial charge in [0, 0.05) is 13.0 Å². The summed E-state index contributed by atoms with van der Waals surface area (Å²) in [7, 11) is 1.68. The van der Waals surface area contributed by atoms with E-state index in [4.69, 9.17) is 4.74 Å². The second kappa shape index (κ2) is 4.68. The first-order valence-corrected chi connectivity index (χ1v) is 5.84. The van der Waals surface area contributed by atoms with E-state index in [1.807, 2.05) is 13.8 Å². The Morgan fingerprint density at radius 2 is 2.17 bits per heavy atom. The highest BCUT2D eigenvalue weighted by Gasteiger charge is 2.25. The third-order valence-corrected chi connectivity index (χ3v) is 2.84. The quantitative estimate of drug-likeness (QED) is 0.865. The third-order valence-electron chi connectivity index (χ3n) is 2.84. The van der Waals surface area contributed by atoms with Gasteiger partial charge < -0.3 is 15.0 Å². The van der Waals surface area contributed by atoms with Gasteiger partial charge in [0.05, 0.1) is 5.69 Å². The van der Waals surface area contributed by atoms with Crippen LogP contribution in [0.15, 0.2) is 18.2 Å². The number of nitrogens with zero attached hydrogens (tertiary/aromatic N) is 1. The maximum Gasteiger partial charge on any atom is 0.264 e. The van der Waals surface area contributed by atoms with Crippen molar-refractivity contribution in [1.29, 1.82) is 0 Å². The molecule has 0 saturated heterocycles. The minimum absolute atomic E-state index is 0.0328. The van der Waals surface area contributed by atoms with Crippen LogP contribution in [0.4, 0.5) is 11.4 Å². The van der Waals surface area contributed by atoms with Crippen LogP contribution in [-0.4, -0.2) is 25.5 Å². The van der Waals surface area contributed by atoms with E-state index in [2.05, 4.69) is 5.32 Å². The predicted octanol–water partition coefficient (Wildman–Crippen LogP) is 1.64. The second-order valence-corrected chi connectivity index (χ2v) is 4.54. The molecule has 96 valence electrons. The molecule has 0 aliphatic carbocycles. The number of carbonyl (C=O) groups is 2. The summed E-state index contributed by atoms with van der Waals surface area (Å²) in [6.07, 6.45) is 0. The number of ether oxygens (including phenoxy) is 1. The van der Waals surface area contributed by atoms with Gasteiger partial charge in [0.1, 0.15) is 11.4 Å². The summed E-state index contributed by atoms with van der Waals surface area (Å²) in [4.78, 5) is 24.9. The van der Waals surface area contributed by atoms with E-state index in [1.165, 1.54) is 4.90 Å². The zero-order valence-electron chi connectivity index (χ0n) is 10.7. The Balaban J connectivity index is 2.38. The smallest absolute Gasteiger partial charge is 0.264 e. The summed E-state index contributed by atoms with van der Waals surface area (Å²) >= 11 is 0. The van der Waals surface area contributed by atoms with Crippen molar-refractivity contribution in [2.75, 3.05) is 23.9 Å². The summed E-state index contributed by atoms with van der Waals surface area (Å²) in [6.45, 7) is 3.66. The Labute approximate surface area is 106 Å². The number of likely N-dealkylation sites (N-methyl/N-ethyl adjacent to an activating group) is 1. The van der Waals surface area contributed by atoms with E-state index in [-0.39, 0.29) is 24.3 Å². The first-order chi connectivity index (χ1) is 8.50. The van der Waals surface area contributed by atoms with Crippen LogP contribution in [0, 0.1) is 5.92 Å². The maximum absolute atomic E-state index is 11.7. The average molecular weight is 248 g/mol. The van der Waals surface area contributed by atoms with Crippen molar-refractivity contribution in [2.45, 2.75) is 13.8 Å². The van der Waals surface area contributed by atoms with Crippen molar-refractivity contribution in [3.05, 3.63) is 18.2 Å². The Bertz CT molecular complexity index is 497. The number of fused-ring (bicyclic) bond motifs is 1. The SMILES string of the molecule is CC(C)C(=O)Nc1cccc2c1N(C)C(=O)CO2. The predicted molar refractivity (Wildman–Crippen MR) is 68.8 cm³/mol. The first kappa shape index (κ1) is 12.4. The van der Waals surface area contributed by atoms with E-state index in [0.717, 1.165) is 0 Å². The van der Waals surface area contributed by atoms with Gasteiger partial charge >= 0.3 is 0 Å². The lowest BCUT2D eigenvalue weighted by Gasteiger charge is -2.28. The standard InChI is InChI=1S/C13H16N2O3/c1-8(2)13(17)14-9-5-4-6-10-12(9)15(3)11(16)7-18-10/h4-6,8H,7H2,1-3H3,(H,14,17). The van der Waals surface area contributed by atoms with Crippen LogP contribution < -0.4 is 15.0 Å². The number of hydrogen-bond acceptors (Lipinski definition) is 3. The molecule has 1 heterocycles. The summed E-state index contributed by atoms with van der Waals surface area (Å²) in [6, 6.07) is 5.33. The Morgan fingerprint density at radius 1 is 1.44 bits per heavy atom. The molecule has 18 heavy (non-hydrogen) atoms. The molecule has 2 rings (SSSR count). The van der Waals surface area contributed by atoms with Crippen LogP contribution in [0.1, 0.15) is 13.8 Å². The van der Waals surface area contributed by atoms with Gasteiger partial charge in [0.25, 0.3) is 5.91 Å². The Kier molecular flexibility index (Phi) is 3.23.